The van der Waals surface area contributed by atoms with Crippen molar-refractivity contribution < 1.29 is 9.59 Å². The molecule has 1 heterocycles. The summed E-state index contributed by atoms with van der Waals surface area (Å²) in [4.78, 5) is 26.7. The molecule has 2 fully saturated rings. The van der Waals surface area contributed by atoms with Crippen molar-refractivity contribution in [3.05, 3.63) is 35.9 Å². The van der Waals surface area contributed by atoms with E-state index in [1.54, 1.807) is 0 Å². The summed E-state index contributed by atoms with van der Waals surface area (Å²) < 4.78 is 0. The van der Waals surface area contributed by atoms with Crippen molar-refractivity contribution in [2.75, 3.05) is 6.54 Å². The van der Waals surface area contributed by atoms with Gasteiger partial charge in [-0.05, 0) is 23.8 Å². The highest BCUT2D eigenvalue weighted by atomic mass is 16.2. The minimum Gasteiger partial charge on any atom is -0.353 e. The number of carbonyl (C=O) groups is 2. The first kappa shape index (κ1) is 17.0. The van der Waals surface area contributed by atoms with Crippen molar-refractivity contribution in [3.63, 3.8) is 0 Å². The summed E-state index contributed by atoms with van der Waals surface area (Å²) in [6.45, 7) is 5.64. The highest BCUT2D eigenvalue weighted by Crippen LogP contribution is 2.30. The summed E-state index contributed by atoms with van der Waals surface area (Å²) in [5, 5.41) is 3.23. The van der Waals surface area contributed by atoms with Gasteiger partial charge in [0.25, 0.3) is 0 Å². The predicted molar refractivity (Wildman–Crippen MR) is 94.1 cm³/mol. The van der Waals surface area contributed by atoms with E-state index in [4.69, 9.17) is 0 Å². The van der Waals surface area contributed by atoms with Crippen molar-refractivity contribution in [1.82, 2.24) is 10.2 Å². The summed E-state index contributed by atoms with van der Waals surface area (Å²) in [6.07, 6.45) is 3.83. The molecular formula is C20H28N2O2. The van der Waals surface area contributed by atoms with Crippen LogP contribution >= 0.6 is 0 Å². The molecule has 1 aliphatic heterocycles. The van der Waals surface area contributed by atoms with Gasteiger partial charge < -0.3 is 10.2 Å². The van der Waals surface area contributed by atoms with Gasteiger partial charge in [-0.3, -0.25) is 9.59 Å². The molecule has 1 aliphatic carbocycles. The zero-order valence-electron chi connectivity index (χ0n) is 14.7. The van der Waals surface area contributed by atoms with Crippen molar-refractivity contribution in [2.45, 2.75) is 52.1 Å². The molecule has 3 rings (SSSR count). The average Bonchev–Trinajstić information content (AvgIpc) is 2.94. The topological polar surface area (TPSA) is 49.4 Å². The molecule has 2 amide bonds. The minimum absolute atomic E-state index is 0.0601. The first-order valence-electron chi connectivity index (χ1n) is 9.16. The molecule has 130 valence electrons. The van der Waals surface area contributed by atoms with Crippen LogP contribution in [0.25, 0.3) is 0 Å². The summed E-state index contributed by atoms with van der Waals surface area (Å²) in [7, 11) is 0. The third-order valence-corrected chi connectivity index (χ3v) is 5.84. The standard InChI is InChI=1S/C20H28N2O2/c1-14-7-6-10-18(15(14)2)21-20(24)17-11-19(23)22(13-17)12-16-8-4-3-5-9-16/h3-5,8-9,14-15,17-18H,6-7,10-13H2,1-2H3,(H,21,24)/t14-,15+,17+,18-/m0/s1. The van der Waals surface area contributed by atoms with Crippen LogP contribution in [0.2, 0.25) is 0 Å². The molecule has 0 bridgehead atoms. The lowest BCUT2D eigenvalue weighted by molar-refractivity contribution is -0.129. The molecule has 1 saturated carbocycles. The fourth-order valence-corrected chi connectivity index (χ4v) is 3.99. The summed E-state index contributed by atoms with van der Waals surface area (Å²) in [5.41, 5.74) is 1.11. The molecule has 24 heavy (non-hydrogen) atoms. The lowest BCUT2D eigenvalue weighted by Crippen LogP contribution is -2.46. The monoisotopic (exact) mass is 328 g/mol. The summed E-state index contributed by atoms with van der Waals surface area (Å²) >= 11 is 0. The van der Waals surface area contributed by atoms with E-state index in [1.807, 2.05) is 35.2 Å². The molecule has 4 heteroatoms. The van der Waals surface area contributed by atoms with Crippen LogP contribution < -0.4 is 5.32 Å². The van der Waals surface area contributed by atoms with Crippen molar-refractivity contribution in [3.8, 4) is 0 Å². The normalized spacial score (nSPS) is 30.4. The SMILES string of the molecule is C[C@H]1[C@@H](NC(=O)[C@@H]2CC(=O)N(Cc3ccccc3)C2)CCC[C@@H]1C. The molecule has 4 nitrogen and oxygen atoms in total. The maximum atomic E-state index is 12.6. The van der Waals surface area contributed by atoms with Crippen LogP contribution in [0.1, 0.15) is 45.1 Å². The Bertz CT molecular complexity index is 587. The second kappa shape index (κ2) is 7.37. The van der Waals surface area contributed by atoms with Gasteiger partial charge in [0.15, 0.2) is 0 Å². The number of nitrogens with zero attached hydrogens (tertiary/aromatic N) is 1. The van der Waals surface area contributed by atoms with E-state index in [-0.39, 0.29) is 23.8 Å². The van der Waals surface area contributed by atoms with E-state index in [0.29, 0.717) is 31.3 Å². The van der Waals surface area contributed by atoms with Crippen LogP contribution in [-0.4, -0.2) is 29.3 Å². The zero-order valence-corrected chi connectivity index (χ0v) is 14.7. The quantitative estimate of drug-likeness (QED) is 0.924. The number of hydrogen-bond donors (Lipinski definition) is 1. The first-order valence-corrected chi connectivity index (χ1v) is 9.16. The number of likely N-dealkylation sites (tertiary alicyclic amines) is 1. The molecule has 1 saturated heterocycles. The van der Waals surface area contributed by atoms with Crippen LogP contribution in [0, 0.1) is 17.8 Å². The maximum Gasteiger partial charge on any atom is 0.225 e. The summed E-state index contributed by atoms with van der Waals surface area (Å²) in [5.74, 6) is 1.11. The van der Waals surface area contributed by atoms with E-state index >= 15 is 0 Å². The van der Waals surface area contributed by atoms with Crippen LogP contribution in [-0.2, 0) is 16.1 Å². The van der Waals surface area contributed by atoms with Gasteiger partial charge in [0.05, 0.1) is 5.92 Å². The number of carbonyl (C=O) groups excluding carboxylic acids is 2. The van der Waals surface area contributed by atoms with Crippen LogP contribution in [0.3, 0.4) is 0 Å². The Labute approximate surface area is 144 Å². The van der Waals surface area contributed by atoms with Gasteiger partial charge in [-0.15, -0.1) is 0 Å². The first-order chi connectivity index (χ1) is 11.5. The Hall–Kier alpha value is -1.84. The number of hydrogen-bond acceptors (Lipinski definition) is 2. The van der Waals surface area contributed by atoms with Gasteiger partial charge >= 0.3 is 0 Å². The molecule has 1 aromatic rings. The fraction of sp³-hybridized carbons (Fsp3) is 0.600. The molecule has 0 radical (unpaired) electrons. The maximum absolute atomic E-state index is 12.6. The second-order valence-corrected chi connectivity index (χ2v) is 7.54. The van der Waals surface area contributed by atoms with E-state index in [9.17, 15) is 9.59 Å². The van der Waals surface area contributed by atoms with Gasteiger partial charge in [-0.2, -0.15) is 0 Å². The fourth-order valence-electron chi connectivity index (χ4n) is 3.99. The van der Waals surface area contributed by atoms with Crippen LogP contribution in [0.4, 0.5) is 0 Å². The largest absolute Gasteiger partial charge is 0.353 e. The summed E-state index contributed by atoms with van der Waals surface area (Å²) in [6, 6.07) is 10.2. The number of rotatable bonds is 4. The number of benzene rings is 1. The third kappa shape index (κ3) is 3.80. The molecule has 4 atom stereocenters. The van der Waals surface area contributed by atoms with Crippen LogP contribution in [0.15, 0.2) is 30.3 Å². The molecule has 0 aromatic heterocycles. The van der Waals surface area contributed by atoms with E-state index in [0.717, 1.165) is 12.0 Å². The van der Waals surface area contributed by atoms with E-state index in [1.165, 1.54) is 12.8 Å². The predicted octanol–water partition coefficient (Wildman–Crippen LogP) is 2.98. The van der Waals surface area contributed by atoms with Gasteiger partial charge in [0.1, 0.15) is 0 Å². The minimum atomic E-state index is -0.203. The Morgan fingerprint density at radius 1 is 1.21 bits per heavy atom. The van der Waals surface area contributed by atoms with Crippen molar-refractivity contribution in [1.29, 1.82) is 0 Å². The van der Waals surface area contributed by atoms with E-state index in [2.05, 4.69) is 19.2 Å². The van der Waals surface area contributed by atoms with E-state index < -0.39 is 0 Å². The Morgan fingerprint density at radius 3 is 2.71 bits per heavy atom. The molecule has 1 aromatic carbocycles. The average molecular weight is 328 g/mol. The number of nitrogens with one attached hydrogen (secondary N) is 1. The molecule has 0 unspecified atom stereocenters. The Kier molecular flexibility index (Phi) is 5.22. The van der Waals surface area contributed by atoms with Gasteiger partial charge in [0.2, 0.25) is 11.8 Å². The molecule has 1 N–H and O–H groups in total. The highest BCUT2D eigenvalue weighted by molar-refractivity contribution is 5.89. The van der Waals surface area contributed by atoms with Crippen molar-refractivity contribution in [2.24, 2.45) is 17.8 Å². The second-order valence-electron chi connectivity index (χ2n) is 7.54. The van der Waals surface area contributed by atoms with Crippen molar-refractivity contribution >= 4 is 11.8 Å². The lowest BCUT2D eigenvalue weighted by Gasteiger charge is -2.35. The zero-order chi connectivity index (χ0) is 17.1. The lowest BCUT2D eigenvalue weighted by atomic mass is 9.78. The number of amides is 2. The van der Waals surface area contributed by atoms with Gasteiger partial charge in [-0.1, -0.05) is 57.0 Å². The Morgan fingerprint density at radius 2 is 1.96 bits per heavy atom. The molecular weight excluding hydrogens is 300 g/mol. The smallest absolute Gasteiger partial charge is 0.225 e. The van der Waals surface area contributed by atoms with Gasteiger partial charge in [0, 0.05) is 25.6 Å². The highest BCUT2D eigenvalue weighted by Gasteiger charge is 2.36. The molecule has 2 aliphatic rings. The third-order valence-electron chi connectivity index (χ3n) is 5.84. The molecule has 0 spiro atoms. The van der Waals surface area contributed by atoms with Crippen LogP contribution in [0.5, 0.6) is 0 Å². The van der Waals surface area contributed by atoms with Gasteiger partial charge in [-0.25, -0.2) is 0 Å². The Balaban J connectivity index is 1.56.